The van der Waals surface area contributed by atoms with E-state index < -0.39 is 11.6 Å². The molecule has 1 aliphatic heterocycles. The molecule has 6 heteroatoms. The summed E-state index contributed by atoms with van der Waals surface area (Å²) in [5.41, 5.74) is 0.352. The van der Waals surface area contributed by atoms with Crippen molar-refractivity contribution in [1.82, 2.24) is 14.8 Å². The Morgan fingerprint density at radius 1 is 1.35 bits per heavy atom. The van der Waals surface area contributed by atoms with Crippen molar-refractivity contribution in [2.75, 3.05) is 19.6 Å². The number of rotatable bonds is 5. The van der Waals surface area contributed by atoms with E-state index in [-0.39, 0.29) is 11.8 Å². The van der Waals surface area contributed by atoms with Gasteiger partial charge in [0.1, 0.15) is 0 Å². The molecule has 0 bridgehead atoms. The summed E-state index contributed by atoms with van der Waals surface area (Å²) in [5.74, 6) is 0.379. The van der Waals surface area contributed by atoms with Crippen LogP contribution in [0.4, 0.5) is 4.79 Å². The lowest BCUT2D eigenvalue weighted by Crippen LogP contribution is -2.47. The number of aromatic nitrogens is 1. The second-order valence-electron chi connectivity index (χ2n) is 8.24. The van der Waals surface area contributed by atoms with Crippen molar-refractivity contribution < 1.29 is 14.7 Å². The first-order valence-corrected chi connectivity index (χ1v) is 9.39. The highest BCUT2D eigenvalue weighted by Gasteiger charge is 2.32. The first-order valence-electron chi connectivity index (χ1n) is 9.39. The van der Waals surface area contributed by atoms with Crippen LogP contribution >= 0.6 is 0 Å². The number of hydrogen-bond donors (Lipinski definition) is 1. The third-order valence-corrected chi connectivity index (χ3v) is 5.16. The number of piperidine rings is 1. The number of pyridine rings is 1. The Morgan fingerprint density at radius 3 is 2.50 bits per heavy atom. The maximum absolute atomic E-state index is 13.2. The number of nitrogens with zero attached hydrogens (tertiary/aromatic N) is 3. The van der Waals surface area contributed by atoms with E-state index in [1.807, 2.05) is 37.8 Å². The molecule has 6 nitrogen and oxygen atoms in total. The van der Waals surface area contributed by atoms with E-state index in [0.29, 0.717) is 18.9 Å². The molecule has 1 saturated heterocycles. The molecule has 1 aromatic rings. The van der Waals surface area contributed by atoms with Crippen LogP contribution in [0, 0.1) is 5.92 Å². The van der Waals surface area contributed by atoms with Gasteiger partial charge >= 0.3 is 6.09 Å². The molecule has 1 aromatic heterocycles. The molecule has 1 N–H and O–H groups in total. The van der Waals surface area contributed by atoms with Crippen LogP contribution in [0.3, 0.4) is 0 Å². The van der Waals surface area contributed by atoms with Gasteiger partial charge in [-0.2, -0.15) is 0 Å². The molecule has 1 atom stereocenters. The van der Waals surface area contributed by atoms with E-state index in [1.54, 1.807) is 12.4 Å². The lowest BCUT2D eigenvalue weighted by Gasteiger charge is -2.36. The monoisotopic (exact) mass is 361 g/mol. The van der Waals surface area contributed by atoms with Crippen LogP contribution in [0.25, 0.3) is 0 Å². The Kier molecular flexibility index (Phi) is 6.62. The van der Waals surface area contributed by atoms with Gasteiger partial charge in [-0.1, -0.05) is 13.0 Å². The van der Waals surface area contributed by atoms with Crippen molar-refractivity contribution in [2.24, 2.45) is 5.92 Å². The number of likely N-dealkylation sites (tertiary alicyclic amines) is 1. The summed E-state index contributed by atoms with van der Waals surface area (Å²) in [6, 6.07) is 3.73. The largest absolute Gasteiger partial charge is 0.465 e. The fraction of sp³-hybridized carbons (Fsp3) is 0.650. The van der Waals surface area contributed by atoms with Crippen LogP contribution in [-0.4, -0.2) is 57.1 Å². The average Bonchev–Trinajstić information content (AvgIpc) is 2.58. The molecule has 26 heavy (non-hydrogen) atoms. The molecular weight excluding hydrogens is 330 g/mol. The molecule has 144 valence electrons. The second kappa shape index (κ2) is 8.52. The molecule has 0 saturated carbocycles. The van der Waals surface area contributed by atoms with Gasteiger partial charge in [-0.15, -0.1) is 0 Å². The summed E-state index contributed by atoms with van der Waals surface area (Å²) in [5, 5.41) is 9.53. The third kappa shape index (κ3) is 5.19. The van der Waals surface area contributed by atoms with Crippen LogP contribution in [0.5, 0.6) is 0 Å². The molecule has 0 aliphatic carbocycles. The van der Waals surface area contributed by atoms with Gasteiger partial charge in [0.15, 0.2) is 0 Å². The fourth-order valence-electron chi connectivity index (χ4n) is 3.44. The summed E-state index contributed by atoms with van der Waals surface area (Å²) in [4.78, 5) is 32.3. The minimum Gasteiger partial charge on any atom is -0.465 e. The Balaban J connectivity index is 2.17. The van der Waals surface area contributed by atoms with Crippen LogP contribution in [-0.2, 0) is 4.79 Å². The van der Waals surface area contributed by atoms with Crippen molar-refractivity contribution in [3.05, 3.63) is 30.1 Å². The van der Waals surface area contributed by atoms with Crippen molar-refractivity contribution >= 4 is 12.0 Å². The molecule has 2 amide bonds. The Labute approximate surface area is 156 Å². The SMILES string of the molecule is CC1CCN(C(=O)C(CCN(C(=O)O)C(C)(C)C)c2cccnc2)CC1. The summed E-state index contributed by atoms with van der Waals surface area (Å²) < 4.78 is 0. The van der Waals surface area contributed by atoms with E-state index in [4.69, 9.17) is 0 Å². The maximum atomic E-state index is 13.2. The minimum absolute atomic E-state index is 0.0872. The van der Waals surface area contributed by atoms with Gasteiger partial charge in [0.05, 0.1) is 5.92 Å². The van der Waals surface area contributed by atoms with Gasteiger partial charge in [-0.05, 0) is 57.6 Å². The minimum atomic E-state index is -0.957. The molecule has 1 unspecified atom stereocenters. The molecule has 0 radical (unpaired) electrons. The van der Waals surface area contributed by atoms with E-state index in [0.717, 1.165) is 31.5 Å². The lowest BCUT2D eigenvalue weighted by molar-refractivity contribution is -0.134. The topological polar surface area (TPSA) is 73.7 Å². The van der Waals surface area contributed by atoms with Gasteiger partial charge in [0, 0.05) is 37.6 Å². The standard InChI is InChI=1S/C20H31N3O3/c1-15-7-11-22(12-8-15)18(24)17(16-6-5-10-21-14-16)9-13-23(19(25)26)20(2,3)4/h5-6,10,14-15,17H,7-9,11-13H2,1-4H3,(H,25,26). The lowest BCUT2D eigenvalue weighted by atomic mass is 9.92. The van der Waals surface area contributed by atoms with Crippen molar-refractivity contribution in [1.29, 1.82) is 0 Å². The smallest absolute Gasteiger partial charge is 0.407 e. The highest BCUT2D eigenvalue weighted by atomic mass is 16.4. The van der Waals surface area contributed by atoms with E-state index in [1.165, 1.54) is 4.90 Å². The first kappa shape index (κ1) is 20.2. The predicted molar refractivity (Wildman–Crippen MR) is 101 cm³/mol. The molecule has 0 spiro atoms. The summed E-state index contributed by atoms with van der Waals surface area (Å²) in [6.07, 6.45) is 4.95. The number of carbonyl (C=O) groups is 2. The van der Waals surface area contributed by atoms with E-state index in [2.05, 4.69) is 11.9 Å². The number of carbonyl (C=O) groups excluding carboxylic acids is 1. The summed E-state index contributed by atoms with van der Waals surface area (Å²) in [6.45, 7) is 9.69. The second-order valence-corrected chi connectivity index (χ2v) is 8.24. The number of amides is 2. The van der Waals surface area contributed by atoms with Gasteiger partial charge in [0.2, 0.25) is 5.91 Å². The first-order chi connectivity index (χ1) is 12.2. The van der Waals surface area contributed by atoms with Gasteiger partial charge in [-0.25, -0.2) is 4.79 Å². The molecular formula is C20H31N3O3. The third-order valence-electron chi connectivity index (χ3n) is 5.16. The Morgan fingerprint density at radius 2 is 2.00 bits per heavy atom. The zero-order chi connectivity index (χ0) is 19.3. The van der Waals surface area contributed by atoms with Crippen molar-refractivity contribution in [3.8, 4) is 0 Å². The van der Waals surface area contributed by atoms with Crippen LogP contribution < -0.4 is 0 Å². The maximum Gasteiger partial charge on any atom is 0.407 e. The molecule has 1 fully saturated rings. The zero-order valence-corrected chi connectivity index (χ0v) is 16.3. The predicted octanol–water partition coefficient (Wildman–Crippen LogP) is 3.59. The van der Waals surface area contributed by atoms with Crippen LogP contribution in [0.2, 0.25) is 0 Å². The highest BCUT2D eigenvalue weighted by Crippen LogP contribution is 2.27. The summed E-state index contributed by atoms with van der Waals surface area (Å²) in [7, 11) is 0. The van der Waals surface area contributed by atoms with Crippen molar-refractivity contribution in [3.63, 3.8) is 0 Å². The molecule has 1 aliphatic rings. The fourth-order valence-corrected chi connectivity index (χ4v) is 3.44. The van der Waals surface area contributed by atoms with E-state index >= 15 is 0 Å². The summed E-state index contributed by atoms with van der Waals surface area (Å²) >= 11 is 0. The number of hydrogen-bond acceptors (Lipinski definition) is 3. The quantitative estimate of drug-likeness (QED) is 0.870. The van der Waals surface area contributed by atoms with Crippen molar-refractivity contribution in [2.45, 2.75) is 58.4 Å². The molecule has 2 heterocycles. The van der Waals surface area contributed by atoms with Crippen LogP contribution in [0.1, 0.15) is 58.4 Å². The Bertz CT molecular complexity index is 604. The zero-order valence-electron chi connectivity index (χ0n) is 16.3. The van der Waals surface area contributed by atoms with Gasteiger partial charge < -0.3 is 14.9 Å². The van der Waals surface area contributed by atoms with Gasteiger partial charge in [-0.3, -0.25) is 9.78 Å². The van der Waals surface area contributed by atoms with E-state index in [9.17, 15) is 14.7 Å². The Hall–Kier alpha value is -2.11. The molecule has 0 aromatic carbocycles. The van der Waals surface area contributed by atoms with Gasteiger partial charge in [0.25, 0.3) is 0 Å². The van der Waals surface area contributed by atoms with Crippen LogP contribution in [0.15, 0.2) is 24.5 Å². The highest BCUT2D eigenvalue weighted by molar-refractivity contribution is 5.83. The normalized spacial score (nSPS) is 17.0. The molecule has 2 rings (SSSR count). The number of carboxylic acid groups (broad SMARTS) is 1. The average molecular weight is 361 g/mol.